The molecule has 2 N–H and O–H groups in total. The lowest BCUT2D eigenvalue weighted by molar-refractivity contribution is 1.25. The average Bonchev–Trinajstić information content (AvgIpc) is 0.789. The fourth-order valence-corrected chi connectivity index (χ4v) is 13.0. The van der Waals surface area contributed by atoms with Gasteiger partial charge in [0.05, 0.1) is 22.8 Å². The number of benzene rings is 13. The van der Waals surface area contributed by atoms with Crippen LogP contribution in [0.1, 0.15) is 16.7 Å². The zero-order valence-corrected chi connectivity index (χ0v) is 55.2. The molecule has 0 aliphatic rings. The third-order valence-corrected chi connectivity index (χ3v) is 18.2. The number of halogens is 1. The fraction of sp³-hybridized carbons (Fsp3) is 0.0333. The summed E-state index contributed by atoms with van der Waals surface area (Å²) < 4.78 is 1.06. The second-order valence-corrected chi connectivity index (χ2v) is 25.0. The van der Waals surface area contributed by atoms with Gasteiger partial charge in [0.2, 0.25) is 0 Å². The highest BCUT2D eigenvalue weighted by atomic mass is 79.9. The Kier molecular flexibility index (Phi) is 18.1. The molecule has 0 amide bonds. The van der Waals surface area contributed by atoms with E-state index in [-0.39, 0.29) is 0 Å². The molecule has 0 saturated carbocycles. The summed E-state index contributed by atoms with van der Waals surface area (Å²) in [6, 6.07) is 115. The largest absolute Gasteiger partial charge is 0.398 e. The van der Waals surface area contributed by atoms with Crippen LogP contribution >= 0.6 is 15.9 Å². The fourth-order valence-electron chi connectivity index (χ4n) is 12.6. The van der Waals surface area contributed by atoms with Crippen molar-refractivity contribution in [3.63, 3.8) is 0 Å². The van der Waals surface area contributed by atoms with Crippen LogP contribution in [-0.2, 0) is 0 Å². The number of rotatable bonds is 11. The van der Waals surface area contributed by atoms with Crippen LogP contribution in [0.4, 0.5) is 22.7 Å². The molecular weight excluding hydrogens is 1230 g/mol. The van der Waals surface area contributed by atoms with Crippen LogP contribution in [0.15, 0.2) is 351 Å². The van der Waals surface area contributed by atoms with Gasteiger partial charge in [-0.2, -0.15) is 0 Å². The quantitative estimate of drug-likeness (QED) is 0.131. The van der Waals surface area contributed by atoms with Gasteiger partial charge in [0.1, 0.15) is 0 Å². The maximum Gasteiger partial charge on any atom is 0.0709 e. The van der Waals surface area contributed by atoms with E-state index in [0.29, 0.717) is 0 Å². The molecule has 0 bridgehead atoms. The highest BCUT2D eigenvalue weighted by Gasteiger charge is 2.20. The molecule has 0 aliphatic heterocycles. The summed E-state index contributed by atoms with van der Waals surface area (Å²) in [6.45, 7) is 6.39. The highest BCUT2D eigenvalue weighted by Crippen LogP contribution is 2.44. The molecule has 5 nitrogen and oxygen atoms in total. The maximum atomic E-state index is 5.85. The number of para-hydroxylation sites is 2. The number of hydrogen-bond donors (Lipinski definition) is 1. The number of pyridine rings is 3. The van der Waals surface area contributed by atoms with Gasteiger partial charge in [-0.15, -0.1) is 0 Å². The van der Waals surface area contributed by atoms with Gasteiger partial charge < -0.3 is 10.6 Å². The number of nitrogens with zero attached hydrogens (tertiary/aromatic N) is 4. The average molecular weight is 1300 g/mol. The first-order chi connectivity index (χ1) is 47.1. The molecule has 460 valence electrons. The standard InChI is InChI=1S/C56H41N3.C22H16BrN.C12H11N/c1-38-36-57-54(34-52(38)45-28-26-40-14-6-8-18-43(40)30-45)47-20-12-22-49(32-47)59(56-25-11-10-24-51(56)42-16-4-3-5-17-42)50-23-13-21-48(33-50)55-35-53(39(2)37-58-55)46-29-27-41-15-7-9-19-44(41)31-46;1-15-14-24-22(19-7-4-8-20(23)12-19)13-21(15)18-10-9-16-5-2-3-6-17(16)11-18;13-12-9-5-4-8-11(12)10-6-2-1-3-7-10/h3-37H,1-2H3;2-14H,1H3;1-9H,13H2. The van der Waals surface area contributed by atoms with Crippen molar-refractivity contribution < 1.29 is 0 Å². The number of hydrogen-bond acceptors (Lipinski definition) is 5. The van der Waals surface area contributed by atoms with Gasteiger partial charge in [0.15, 0.2) is 0 Å². The summed E-state index contributed by atoms with van der Waals surface area (Å²) in [7, 11) is 0. The second kappa shape index (κ2) is 28.2. The van der Waals surface area contributed by atoms with Crippen molar-refractivity contribution >= 4 is 71.0 Å². The minimum Gasteiger partial charge on any atom is -0.398 e. The monoisotopic (exact) mass is 1300 g/mol. The van der Waals surface area contributed by atoms with Gasteiger partial charge in [-0.05, 0) is 199 Å². The van der Waals surface area contributed by atoms with Gasteiger partial charge >= 0.3 is 0 Å². The Hall–Kier alpha value is -11.8. The van der Waals surface area contributed by atoms with Gasteiger partial charge in [-0.1, -0.05) is 259 Å². The van der Waals surface area contributed by atoms with E-state index < -0.39 is 0 Å². The second-order valence-electron chi connectivity index (χ2n) is 24.1. The minimum absolute atomic E-state index is 0.828. The van der Waals surface area contributed by atoms with Crippen molar-refractivity contribution in [1.82, 2.24) is 15.0 Å². The van der Waals surface area contributed by atoms with Crippen molar-refractivity contribution in [1.29, 1.82) is 0 Å². The predicted octanol–water partition coefficient (Wildman–Crippen LogP) is 24.8. The zero-order chi connectivity index (χ0) is 65.3. The molecule has 0 radical (unpaired) electrons. The molecule has 3 aromatic heterocycles. The lowest BCUT2D eigenvalue weighted by Crippen LogP contribution is -2.11. The Morgan fingerprint density at radius 2 is 0.604 bits per heavy atom. The first-order valence-corrected chi connectivity index (χ1v) is 33.1. The summed E-state index contributed by atoms with van der Waals surface area (Å²) in [6.07, 6.45) is 5.96. The smallest absolute Gasteiger partial charge is 0.0709 e. The summed E-state index contributed by atoms with van der Waals surface area (Å²) >= 11 is 3.54. The first-order valence-electron chi connectivity index (χ1n) is 32.3. The van der Waals surface area contributed by atoms with Crippen LogP contribution in [-0.4, -0.2) is 15.0 Å². The number of aryl methyl sites for hydroxylation is 3. The van der Waals surface area contributed by atoms with E-state index in [9.17, 15) is 0 Å². The SMILES string of the molecule is Cc1cnc(-c2cccc(Br)c2)cc1-c1ccc2ccccc2c1.Cc1cnc(-c2cccc(N(c3cccc(-c4cc(-c5ccc6ccccc6c5)c(C)cn4)c3)c3ccccc3-c3ccccc3)c2)cc1-c1ccc2ccccc2c1.Nc1ccccc1-c1ccccc1. The molecule has 0 fully saturated rings. The van der Waals surface area contributed by atoms with E-state index in [1.165, 1.54) is 76.8 Å². The number of aromatic nitrogens is 3. The van der Waals surface area contributed by atoms with Crippen LogP contribution < -0.4 is 10.6 Å². The summed E-state index contributed by atoms with van der Waals surface area (Å²) in [5.41, 5.74) is 31.1. The molecule has 0 spiro atoms. The van der Waals surface area contributed by atoms with E-state index in [0.717, 1.165) is 88.8 Å². The van der Waals surface area contributed by atoms with Crippen molar-refractivity contribution in [2.45, 2.75) is 20.8 Å². The molecular formula is C90H68BrN5. The number of anilines is 4. The van der Waals surface area contributed by atoms with E-state index >= 15 is 0 Å². The minimum atomic E-state index is 0.828. The topological polar surface area (TPSA) is 67.9 Å². The molecule has 96 heavy (non-hydrogen) atoms. The lowest BCUT2D eigenvalue weighted by atomic mass is 9.96. The summed E-state index contributed by atoms with van der Waals surface area (Å²) in [5, 5.41) is 7.45. The zero-order valence-electron chi connectivity index (χ0n) is 53.7. The molecule has 0 unspecified atom stereocenters. The third kappa shape index (κ3) is 13.6. The van der Waals surface area contributed by atoms with Crippen LogP contribution in [0.5, 0.6) is 0 Å². The van der Waals surface area contributed by atoms with E-state index in [4.69, 9.17) is 15.7 Å². The van der Waals surface area contributed by atoms with Crippen molar-refractivity contribution in [2.24, 2.45) is 0 Å². The van der Waals surface area contributed by atoms with Gasteiger partial charge in [0.25, 0.3) is 0 Å². The Morgan fingerprint density at radius 1 is 0.260 bits per heavy atom. The Morgan fingerprint density at radius 3 is 1.03 bits per heavy atom. The van der Waals surface area contributed by atoms with Crippen LogP contribution in [0.25, 0.3) is 122 Å². The maximum absolute atomic E-state index is 5.85. The van der Waals surface area contributed by atoms with Crippen molar-refractivity contribution in [2.75, 3.05) is 10.6 Å². The van der Waals surface area contributed by atoms with Crippen molar-refractivity contribution in [3.8, 4) is 89.4 Å². The van der Waals surface area contributed by atoms with Gasteiger partial charge in [-0.3, -0.25) is 15.0 Å². The van der Waals surface area contributed by atoms with E-state index in [2.05, 4.69) is 320 Å². The number of fused-ring (bicyclic) bond motifs is 3. The lowest BCUT2D eigenvalue weighted by Gasteiger charge is -2.28. The van der Waals surface area contributed by atoms with Gasteiger partial charge in [-0.25, -0.2) is 0 Å². The molecule has 16 aromatic rings. The Labute approximate surface area is 570 Å². The third-order valence-electron chi connectivity index (χ3n) is 17.7. The molecule has 3 heterocycles. The van der Waals surface area contributed by atoms with E-state index in [1.54, 1.807) is 0 Å². The molecule has 0 atom stereocenters. The summed E-state index contributed by atoms with van der Waals surface area (Å²) in [4.78, 5) is 17.0. The van der Waals surface area contributed by atoms with Crippen LogP contribution in [0, 0.1) is 20.8 Å². The molecule has 0 saturated heterocycles. The molecule has 13 aromatic carbocycles. The molecule has 6 heteroatoms. The Bertz CT molecular complexity index is 5280. The number of nitrogens with two attached hydrogens (primary N) is 1. The molecule has 0 aliphatic carbocycles. The van der Waals surface area contributed by atoms with Crippen molar-refractivity contribution in [3.05, 3.63) is 367 Å². The van der Waals surface area contributed by atoms with Crippen LogP contribution in [0.2, 0.25) is 0 Å². The highest BCUT2D eigenvalue weighted by molar-refractivity contribution is 9.10. The summed E-state index contributed by atoms with van der Waals surface area (Å²) in [5.74, 6) is 0. The van der Waals surface area contributed by atoms with E-state index in [1.807, 2.05) is 73.2 Å². The number of nitrogen functional groups attached to an aromatic ring is 1. The normalized spacial score (nSPS) is 11.0. The predicted molar refractivity (Wildman–Crippen MR) is 410 cm³/mol. The van der Waals surface area contributed by atoms with Gasteiger partial charge in [0, 0.05) is 67.9 Å². The Balaban J connectivity index is 0.000000173. The molecule has 16 rings (SSSR count). The van der Waals surface area contributed by atoms with Crippen LogP contribution in [0.3, 0.4) is 0 Å². The first kappa shape index (κ1) is 61.7.